The molecule has 2 aromatic carbocycles. The lowest BCUT2D eigenvalue weighted by Gasteiger charge is -2.01. The molecule has 0 saturated carbocycles. The van der Waals surface area contributed by atoms with Crippen molar-refractivity contribution < 1.29 is 9.47 Å². The molecule has 0 unspecified atom stereocenters. The van der Waals surface area contributed by atoms with E-state index >= 15 is 0 Å². The Balaban J connectivity index is 1.83. The van der Waals surface area contributed by atoms with E-state index in [4.69, 9.17) is 9.47 Å². The number of para-hydroxylation sites is 1. The first kappa shape index (κ1) is 12.2. The van der Waals surface area contributed by atoms with Crippen LogP contribution < -0.4 is 9.47 Å². The van der Waals surface area contributed by atoms with Gasteiger partial charge in [0.15, 0.2) is 0 Å². The monoisotopic (exact) mass is 240 g/mol. The van der Waals surface area contributed by atoms with Crippen LogP contribution in [0.2, 0.25) is 0 Å². The average Bonchev–Trinajstić information content (AvgIpc) is 2.45. The van der Waals surface area contributed by atoms with Crippen LogP contribution in [0.5, 0.6) is 11.5 Å². The molecule has 2 nitrogen and oxygen atoms in total. The highest BCUT2D eigenvalue weighted by Crippen LogP contribution is 2.12. The molecule has 0 fully saturated rings. The summed E-state index contributed by atoms with van der Waals surface area (Å²) >= 11 is 0. The average molecular weight is 240 g/mol. The summed E-state index contributed by atoms with van der Waals surface area (Å²) in [4.78, 5) is 0. The third-order valence-corrected chi connectivity index (χ3v) is 2.56. The number of methoxy groups -OCH3 is 1. The Kier molecular flexibility index (Phi) is 4.42. The van der Waals surface area contributed by atoms with Gasteiger partial charge in [-0.15, -0.1) is 0 Å². The predicted octanol–water partition coefficient (Wildman–Crippen LogP) is 3.83. The molecule has 2 aromatic rings. The van der Waals surface area contributed by atoms with Crippen LogP contribution in [-0.4, -0.2) is 7.11 Å². The molecule has 0 heterocycles. The highest BCUT2D eigenvalue weighted by Gasteiger charge is 1.92. The fourth-order valence-corrected chi connectivity index (χ4v) is 1.57. The number of ether oxygens (including phenoxy) is 2. The van der Waals surface area contributed by atoms with Crippen molar-refractivity contribution in [1.29, 1.82) is 0 Å². The first-order chi connectivity index (χ1) is 8.88. The highest BCUT2D eigenvalue weighted by atomic mass is 16.5. The van der Waals surface area contributed by atoms with Gasteiger partial charge in [0.25, 0.3) is 0 Å². The number of hydrogen-bond donors (Lipinski definition) is 0. The zero-order chi connectivity index (χ0) is 12.6. The molecule has 0 atom stereocenters. The van der Waals surface area contributed by atoms with Crippen LogP contribution in [0.1, 0.15) is 5.56 Å². The molecule has 0 aromatic heterocycles. The quantitative estimate of drug-likeness (QED) is 0.739. The van der Waals surface area contributed by atoms with Crippen molar-refractivity contribution in [3.63, 3.8) is 0 Å². The lowest BCUT2D eigenvalue weighted by atomic mass is 10.1. The fraction of sp³-hybridized carbons (Fsp3) is 0.125. The van der Waals surface area contributed by atoms with Gasteiger partial charge in [0.2, 0.25) is 0 Å². The van der Waals surface area contributed by atoms with Crippen molar-refractivity contribution in [2.75, 3.05) is 7.11 Å². The molecule has 0 amide bonds. The Labute approximate surface area is 107 Å². The Hall–Kier alpha value is -2.22. The van der Waals surface area contributed by atoms with Crippen molar-refractivity contribution >= 4 is 0 Å². The van der Waals surface area contributed by atoms with Crippen molar-refractivity contribution in [2.24, 2.45) is 0 Å². The first-order valence-electron chi connectivity index (χ1n) is 5.88. The van der Waals surface area contributed by atoms with E-state index in [1.807, 2.05) is 60.7 Å². The topological polar surface area (TPSA) is 18.5 Å². The predicted molar refractivity (Wildman–Crippen MR) is 72.9 cm³/mol. The first-order valence-corrected chi connectivity index (χ1v) is 5.88. The van der Waals surface area contributed by atoms with Gasteiger partial charge >= 0.3 is 0 Å². The van der Waals surface area contributed by atoms with E-state index in [9.17, 15) is 0 Å². The lowest BCUT2D eigenvalue weighted by Crippen LogP contribution is -1.86. The van der Waals surface area contributed by atoms with E-state index in [2.05, 4.69) is 0 Å². The van der Waals surface area contributed by atoms with Gasteiger partial charge in [-0.3, -0.25) is 0 Å². The third kappa shape index (κ3) is 3.67. The summed E-state index contributed by atoms with van der Waals surface area (Å²) in [5.74, 6) is 1.73. The Bertz CT molecular complexity index is 486. The van der Waals surface area contributed by atoms with Crippen molar-refractivity contribution in [3.05, 3.63) is 72.5 Å². The second-order valence-corrected chi connectivity index (χ2v) is 3.85. The van der Waals surface area contributed by atoms with Crippen molar-refractivity contribution in [3.8, 4) is 11.5 Å². The summed E-state index contributed by atoms with van der Waals surface area (Å²) in [6.07, 6.45) is 4.56. The maximum absolute atomic E-state index is 5.47. The normalized spacial score (nSPS) is 10.5. The minimum Gasteiger partial charge on any atom is -0.497 e. The molecule has 0 saturated heterocycles. The molecule has 0 radical (unpaired) electrons. The molecule has 2 rings (SSSR count). The second kappa shape index (κ2) is 6.50. The Morgan fingerprint density at radius 1 is 0.889 bits per heavy atom. The van der Waals surface area contributed by atoms with E-state index in [1.165, 1.54) is 5.56 Å². The molecule has 0 aliphatic rings. The summed E-state index contributed by atoms with van der Waals surface area (Å²) in [6, 6.07) is 17.7. The van der Waals surface area contributed by atoms with E-state index in [0.29, 0.717) is 0 Å². The van der Waals surface area contributed by atoms with Crippen LogP contribution >= 0.6 is 0 Å². The molecule has 2 heteroatoms. The molecular formula is C16H16O2. The molecule has 92 valence electrons. The summed E-state index contributed by atoms with van der Waals surface area (Å²) in [7, 11) is 1.67. The molecule has 0 aliphatic heterocycles. The SMILES string of the molecule is COc1ccc(CC=COc2ccccc2)cc1. The maximum Gasteiger partial charge on any atom is 0.126 e. The minimum atomic E-state index is 0.844. The van der Waals surface area contributed by atoms with Gasteiger partial charge < -0.3 is 9.47 Å². The van der Waals surface area contributed by atoms with E-state index in [-0.39, 0.29) is 0 Å². The number of benzene rings is 2. The van der Waals surface area contributed by atoms with Gasteiger partial charge in [0.05, 0.1) is 13.4 Å². The van der Waals surface area contributed by atoms with E-state index in [0.717, 1.165) is 17.9 Å². The van der Waals surface area contributed by atoms with Crippen molar-refractivity contribution in [1.82, 2.24) is 0 Å². The van der Waals surface area contributed by atoms with Crippen LogP contribution in [0.25, 0.3) is 0 Å². The molecule has 0 N–H and O–H groups in total. The Morgan fingerprint density at radius 2 is 1.61 bits per heavy atom. The molecular weight excluding hydrogens is 224 g/mol. The zero-order valence-electron chi connectivity index (χ0n) is 10.4. The zero-order valence-corrected chi connectivity index (χ0v) is 10.4. The van der Waals surface area contributed by atoms with Gasteiger partial charge in [-0.1, -0.05) is 30.3 Å². The van der Waals surface area contributed by atoms with Crippen LogP contribution in [0.3, 0.4) is 0 Å². The fourth-order valence-electron chi connectivity index (χ4n) is 1.57. The van der Waals surface area contributed by atoms with Crippen molar-refractivity contribution in [2.45, 2.75) is 6.42 Å². The molecule has 18 heavy (non-hydrogen) atoms. The minimum absolute atomic E-state index is 0.844. The van der Waals surface area contributed by atoms with Gasteiger partial charge in [-0.25, -0.2) is 0 Å². The maximum atomic E-state index is 5.47. The van der Waals surface area contributed by atoms with Crippen LogP contribution in [0.4, 0.5) is 0 Å². The van der Waals surface area contributed by atoms with Crippen LogP contribution in [-0.2, 0) is 6.42 Å². The summed E-state index contributed by atoms with van der Waals surface area (Å²) < 4.78 is 10.6. The van der Waals surface area contributed by atoms with Gasteiger partial charge in [-0.2, -0.15) is 0 Å². The second-order valence-electron chi connectivity index (χ2n) is 3.85. The lowest BCUT2D eigenvalue weighted by molar-refractivity contribution is 0.414. The highest BCUT2D eigenvalue weighted by molar-refractivity contribution is 5.28. The Morgan fingerprint density at radius 3 is 2.28 bits per heavy atom. The molecule has 0 spiro atoms. The van der Waals surface area contributed by atoms with Crippen LogP contribution in [0, 0.1) is 0 Å². The smallest absolute Gasteiger partial charge is 0.126 e. The summed E-state index contributed by atoms with van der Waals surface area (Å²) in [6.45, 7) is 0. The van der Waals surface area contributed by atoms with E-state index < -0.39 is 0 Å². The van der Waals surface area contributed by atoms with Crippen LogP contribution in [0.15, 0.2) is 66.9 Å². The number of hydrogen-bond acceptors (Lipinski definition) is 2. The number of allylic oxidation sites excluding steroid dienone is 1. The summed E-state index contributed by atoms with van der Waals surface area (Å²) in [5.41, 5.74) is 1.23. The van der Waals surface area contributed by atoms with Gasteiger partial charge in [-0.05, 0) is 42.3 Å². The van der Waals surface area contributed by atoms with Gasteiger partial charge in [0, 0.05) is 0 Å². The largest absolute Gasteiger partial charge is 0.497 e. The standard InChI is InChI=1S/C16H16O2/c1-17-15-11-9-14(10-12-15)6-5-13-18-16-7-3-2-4-8-16/h2-5,7-13H,6H2,1H3. The molecule has 0 aliphatic carbocycles. The van der Waals surface area contributed by atoms with Gasteiger partial charge in [0.1, 0.15) is 11.5 Å². The summed E-state index contributed by atoms with van der Waals surface area (Å²) in [5, 5.41) is 0. The number of rotatable bonds is 5. The third-order valence-electron chi connectivity index (χ3n) is 2.56. The van der Waals surface area contributed by atoms with E-state index in [1.54, 1.807) is 13.4 Å². The molecule has 0 bridgehead atoms.